The van der Waals surface area contributed by atoms with Crippen LogP contribution in [0.15, 0.2) is 44.4 Å². The Kier molecular flexibility index (Phi) is 4.25. The van der Waals surface area contributed by atoms with E-state index >= 15 is 0 Å². The number of hydrogen-bond acceptors (Lipinski definition) is 4. The highest BCUT2D eigenvalue weighted by Crippen LogP contribution is 2.46. The van der Waals surface area contributed by atoms with Gasteiger partial charge in [-0.1, -0.05) is 28.9 Å². The summed E-state index contributed by atoms with van der Waals surface area (Å²) < 4.78 is 28.7. The Balaban J connectivity index is 2.11. The molecule has 0 fully saturated rings. The smallest absolute Gasteiger partial charge is 0.264 e. The van der Waals surface area contributed by atoms with Crippen LogP contribution >= 0.6 is 27.3 Å². The van der Waals surface area contributed by atoms with Gasteiger partial charge in [0, 0.05) is 22.9 Å². The lowest BCUT2D eigenvalue weighted by molar-refractivity contribution is 0.474. The summed E-state index contributed by atoms with van der Waals surface area (Å²) in [5, 5.41) is 10.7. The summed E-state index contributed by atoms with van der Waals surface area (Å²) in [5.74, 6) is 0. The van der Waals surface area contributed by atoms with Crippen LogP contribution in [-0.2, 0) is 15.4 Å². The zero-order valence-electron chi connectivity index (χ0n) is 12.5. The van der Waals surface area contributed by atoms with E-state index in [4.69, 9.17) is 5.26 Å². The van der Waals surface area contributed by atoms with E-state index in [9.17, 15) is 8.42 Å². The second-order valence-electron chi connectivity index (χ2n) is 5.82. The van der Waals surface area contributed by atoms with Crippen LogP contribution in [0.4, 0.5) is 5.69 Å². The van der Waals surface area contributed by atoms with E-state index in [1.165, 1.54) is 15.6 Å². The summed E-state index contributed by atoms with van der Waals surface area (Å²) in [5.41, 5.74) is 1.32. The molecule has 7 heteroatoms. The van der Waals surface area contributed by atoms with Gasteiger partial charge in [-0.3, -0.25) is 4.31 Å². The standard InChI is InChI=1S/C16H15BrN2O2S2/c1-16(7-3-8-18)11-19(14-6-5-12(17)10-13(14)16)23(20,21)15-4-2-9-22-15/h2,4-6,9-10H,3,7,11H2,1H3. The number of halogens is 1. The minimum absolute atomic E-state index is 0.343. The summed E-state index contributed by atoms with van der Waals surface area (Å²) in [4.78, 5) is 0. The molecule has 0 aliphatic carbocycles. The van der Waals surface area contributed by atoms with E-state index in [-0.39, 0.29) is 5.41 Å². The van der Waals surface area contributed by atoms with Gasteiger partial charge in [0.1, 0.15) is 4.21 Å². The lowest BCUT2D eigenvalue weighted by Gasteiger charge is -2.25. The average Bonchev–Trinajstić information content (AvgIpc) is 3.14. The van der Waals surface area contributed by atoms with Crippen LogP contribution in [0.2, 0.25) is 0 Å². The first-order valence-electron chi connectivity index (χ1n) is 7.12. The van der Waals surface area contributed by atoms with Crippen molar-refractivity contribution in [2.45, 2.75) is 29.4 Å². The molecule has 120 valence electrons. The highest BCUT2D eigenvalue weighted by atomic mass is 79.9. The molecular weight excluding hydrogens is 396 g/mol. The first kappa shape index (κ1) is 16.5. The quantitative estimate of drug-likeness (QED) is 0.755. The maximum absolute atomic E-state index is 13.0. The Bertz CT molecular complexity index is 872. The van der Waals surface area contributed by atoms with E-state index in [1.54, 1.807) is 17.5 Å². The van der Waals surface area contributed by atoms with Crippen molar-refractivity contribution in [3.8, 4) is 6.07 Å². The normalized spacial score (nSPS) is 20.3. The first-order chi connectivity index (χ1) is 10.9. The minimum atomic E-state index is -3.56. The van der Waals surface area contributed by atoms with Crippen LogP contribution < -0.4 is 4.31 Å². The van der Waals surface area contributed by atoms with Gasteiger partial charge in [0.05, 0.1) is 11.8 Å². The van der Waals surface area contributed by atoms with Crippen LogP contribution in [0.1, 0.15) is 25.3 Å². The van der Waals surface area contributed by atoms with Crippen LogP contribution in [-0.4, -0.2) is 15.0 Å². The zero-order chi connectivity index (χ0) is 16.7. The van der Waals surface area contributed by atoms with Crippen molar-refractivity contribution in [1.82, 2.24) is 0 Å². The third kappa shape index (κ3) is 2.80. The third-order valence-electron chi connectivity index (χ3n) is 4.20. The Morgan fingerprint density at radius 1 is 1.43 bits per heavy atom. The number of nitrogens with zero attached hydrogens (tertiary/aromatic N) is 2. The third-order valence-corrected chi connectivity index (χ3v) is 7.82. The number of sulfonamides is 1. The lowest BCUT2D eigenvalue weighted by Crippen LogP contribution is -2.35. The monoisotopic (exact) mass is 410 g/mol. The number of rotatable bonds is 4. The minimum Gasteiger partial charge on any atom is -0.264 e. The molecular formula is C16H15BrN2O2S2. The number of anilines is 1. The molecule has 0 radical (unpaired) electrons. The molecule has 4 nitrogen and oxygen atoms in total. The summed E-state index contributed by atoms with van der Waals surface area (Å²) in [6, 6.07) is 11.2. The molecule has 0 saturated heterocycles. The Morgan fingerprint density at radius 3 is 2.87 bits per heavy atom. The molecule has 1 unspecified atom stereocenters. The molecule has 1 aromatic carbocycles. The maximum Gasteiger partial charge on any atom is 0.273 e. The van der Waals surface area contributed by atoms with Gasteiger partial charge < -0.3 is 0 Å². The number of nitriles is 1. The first-order valence-corrected chi connectivity index (χ1v) is 10.2. The topological polar surface area (TPSA) is 61.2 Å². The highest BCUT2D eigenvalue weighted by Gasteiger charge is 2.43. The van der Waals surface area contributed by atoms with Crippen molar-refractivity contribution in [1.29, 1.82) is 5.26 Å². The molecule has 1 aliphatic rings. The fourth-order valence-corrected chi connectivity index (χ4v) is 6.05. The SMILES string of the molecule is CC1(CCC#N)CN(S(=O)(=O)c2cccs2)c2ccc(Br)cc21. The molecule has 1 aliphatic heterocycles. The maximum atomic E-state index is 13.0. The molecule has 0 bridgehead atoms. The average molecular weight is 411 g/mol. The van der Waals surface area contributed by atoms with Gasteiger partial charge in [-0.15, -0.1) is 11.3 Å². The van der Waals surface area contributed by atoms with E-state index in [1.807, 2.05) is 25.1 Å². The molecule has 0 amide bonds. The second-order valence-corrected chi connectivity index (χ2v) is 9.78. The molecule has 2 heterocycles. The van der Waals surface area contributed by atoms with Crippen LogP contribution in [0, 0.1) is 11.3 Å². The number of benzene rings is 1. The van der Waals surface area contributed by atoms with E-state index in [2.05, 4.69) is 22.0 Å². The molecule has 2 aromatic rings. The predicted octanol–water partition coefficient (Wildman–Crippen LogP) is 4.28. The molecule has 0 saturated carbocycles. The summed E-state index contributed by atoms with van der Waals surface area (Å²) in [7, 11) is -3.56. The largest absolute Gasteiger partial charge is 0.273 e. The van der Waals surface area contributed by atoms with Crippen molar-refractivity contribution in [2.75, 3.05) is 10.8 Å². The fourth-order valence-electron chi connectivity index (χ4n) is 2.98. The summed E-state index contributed by atoms with van der Waals surface area (Å²) in [6.45, 7) is 2.39. The molecule has 23 heavy (non-hydrogen) atoms. The van der Waals surface area contributed by atoms with Gasteiger partial charge in [0.25, 0.3) is 10.0 Å². The molecule has 1 aromatic heterocycles. The fraction of sp³-hybridized carbons (Fsp3) is 0.312. The predicted molar refractivity (Wildman–Crippen MR) is 95.2 cm³/mol. The van der Waals surface area contributed by atoms with Gasteiger partial charge in [-0.2, -0.15) is 5.26 Å². The van der Waals surface area contributed by atoms with Crippen molar-refractivity contribution >= 4 is 43.0 Å². The van der Waals surface area contributed by atoms with Crippen molar-refractivity contribution in [2.24, 2.45) is 0 Å². The number of thiophene rings is 1. The molecule has 3 rings (SSSR count). The molecule has 1 atom stereocenters. The Hall–Kier alpha value is -1.36. The van der Waals surface area contributed by atoms with Crippen LogP contribution in [0.3, 0.4) is 0 Å². The summed E-state index contributed by atoms with van der Waals surface area (Å²) >= 11 is 4.68. The van der Waals surface area contributed by atoms with Gasteiger partial charge in [-0.05, 0) is 41.6 Å². The number of hydrogen-bond donors (Lipinski definition) is 0. The van der Waals surface area contributed by atoms with E-state index < -0.39 is 10.0 Å². The molecule has 0 N–H and O–H groups in total. The van der Waals surface area contributed by atoms with E-state index in [0.29, 0.717) is 29.3 Å². The van der Waals surface area contributed by atoms with Crippen molar-refractivity contribution in [3.63, 3.8) is 0 Å². The van der Waals surface area contributed by atoms with Crippen LogP contribution in [0.5, 0.6) is 0 Å². The Labute approximate surface area is 148 Å². The number of fused-ring (bicyclic) bond motifs is 1. The van der Waals surface area contributed by atoms with Crippen LogP contribution in [0.25, 0.3) is 0 Å². The Morgan fingerprint density at radius 2 is 2.22 bits per heavy atom. The van der Waals surface area contributed by atoms with Gasteiger partial charge in [-0.25, -0.2) is 8.42 Å². The van der Waals surface area contributed by atoms with Crippen molar-refractivity contribution in [3.05, 3.63) is 45.7 Å². The van der Waals surface area contributed by atoms with Gasteiger partial charge in [0.15, 0.2) is 0 Å². The zero-order valence-corrected chi connectivity index (χ0v) is 15.7. The van der Waals surface area contributed by atoms with Crippen molar-refractivity contribution < 1.29 is 8.42 Å². The lowest BCUT2D eigenvalue weighted by atomic mass is 9.80. The molecule has 0 spiro atoms. The van der Waals surface area contributed by atoms with E-state index in [0.717, 1.165) is 10.0 Å². The summed E-state index contributed by atoms with van der Waals surface area (Å²) in [6.07, 6.45) is 1.03. The van der Waals surface area contributed by atoms with Gasteiger partial charge >= 0.3 is 0 Å². The highest BCUT2D eigenvalue weighted by molar-refractivity contribution is 9.10. The second kappa shape index (κ2) is 5.93. The van der Waals surface area contributed by atoms with Gasteiger partial charge in [0.2, 0.25) is 0 Å².